The van der Waals surface area contributed by atoms with Crippen LogP contribution in [0.2, 0.25) is 0 Å². The Kier molecular flexibility index (Phi) is 2.68. The first-order valence-corrected chi connectivity index (χ1v) is 3.82. The van der Waals surface area contributed by atoms with Gasteiger partial charge >= 0.3 is 0 Å². The number of hydrogen-bond acceptors (Lipinski definition) is 2. The highest BCUT2D eigenvalue weighted by Crippen LogP contribution is 2.24. The van der Waals surface area contributed by atoms with Gasteiger partial charge < -0.3 is 11.1 Å². The van der Waals surface area contributed by atoms with Crippen LogP contribution in [0.5, 0.6) is 0 Å². The molecular weight excluding hydrogens is 128 g/mol. The van der Waals surface area contributed by atoms with Crippen molar-refractivity contribution in [2.24, 2.45) is 11.7 Å². The zero-order valence-electron chi connectivity index (χ0n) is 6.10. The number of nitrogens with one attached hydrogen (secondary N) is 1. The summed E-state index contributed by atoms with van der Waals surface area (Å²) in [6, 6.07) is 0. The van der Waals surface area contributed by atoms with Crippen LogP contribution in [0, 0.1) is 5.92 Å². The van der Waals surface area contributed by atoms with Gasteiger partial charge in [0.1, 0.15) is 0 Å². The monoisotopic (exact) mass is 142 g/mol. The second kappa shape index (κ2) is 3.56. The molecule has 0 saturated heterocycles. The van der Waals surface area contributed by atoms with Crippen LogP contribution in [0.1, 0.15) is 25.7 Å². The molecule has 0 aliphatic heterocycles. The first-order chi connectivity index (χ1) is 4.84. The zero-order valence-corrected chi connectivity index (χ0v) is 6.10. The molecule has 3 heteroatoms. The Labute approximate surface area is 61.0 Å². The van der Waals surface area contributed by atoms with Crippen molar-refractivity contribution in [2.45, 2.75) is 25.7 Å². The van der Waals surface area contributed by atoms with Gasteiger partial charge in [0.05, 0.1) is 6.67 Å². The van der Waals surface area contributed by atoms with E-state index in [9.17, 15) is 4.79 Å². The third-order valence-corrected chi connectivity index (χ3v) is 2.00. The van der Waals surface area contributed by atoms with Crippen molar-refractivity contribution in [3.05, 3.63) is 0 Å². The molecule has 1 fully saturated rings. The van der Waals surface area contributed by atoms with E-state index >= 15 is 0 Å². The summed E-state index contributed by atoms with van der Waals surface area (Å²) in [5.41, 5.74) is 5.17. The smallest absolute Gasteiger partial charge is 0.224 e. The lowest BCUT2D eigenvalue weighted by Gasteiger charge is -2.06. The maximum Gasteiger partial charge on any atom is 0.224 e. The van der Waals surface area contributed by atoms with Gasteiger partial charge in [0, 0.05) is 5.92 Å². The van der Waals surface area contributed by atoms with E-state index in [2.05, 4.69) is 5.32 Å². The van der Waals surface area contributed by atoms with Gasteiger partial charge in [0.2, 0.25) is 5.91 Å². The molecule has 0 aromatic heterocycles. The molecule has 1 saturated carbocycles. The largest absolute Gasteiger partial charge is 0.344 e. The Morgan fingerprint density at radius 1 is 1.50 bits per heavy atom. The van der Waals surface area contributed by atoms with Crippen molar-refractivity contribution in [1.29, 1.82) is 0 Å². The van der Waals surface area contributed by atoms with Gasteiger partial charge in [-0.15, -0.1) is 0 Å². The predicted octanol–water partition coefficient (Wildman–Crippen LogP) is 0.209. The molecule has 1 rings (SSSR count). The van der Waals surface area contributed by atoms with Crippen LogP contribution < -0.4 is 11.1 Å². The van der Waals surface area contributed by atoms with E-state index in [-0.39, 0.29) is 18.5 Å². The highest BCUT2D eigenvalue weighted by atomic mass is 16.1. The first-order valence-electron chi connectivity index (χ1n) is 3.82. The van der Waals surface area contributed by atoms with Gasteiger partial charge in [-0.2, -0.15) is 0 Å². The normalized spacial score (nSPS) is 19.3. The molecule has 0 heterocycles. The molecule has 0 atom stereocenters. The van der Waals surface area contributed by atoms with E-state index in [1.165, 1.54) is 12.8 Å². The number of carbonyl (C=O) groups excluding carboxylic acids is 1. The molecule has 58 valence electrons. The fourth-order valence-electron chi connectivity index (χ4n) is 1.43. The topological polar surface area (TPSA) is 55.1 Å². The Hall–Kier alpha value is -0.570. The minimum atomic E-state index is 0.139. The van der Waals surface area contributed by atoms with Crippen molar-refractivity contribution >= 4 is 5.91 Å². The van der Waals surface area contributed by atoms with Gasteiger partial charge in [-0.05, 0) is 12.8 Å². The summed E-state index contributed by atoms with van der Waals surface area (Å²) in [7, 11) is 0. The number of carbonyl (C=O) groups is 1. The zero-order chi connectivity index (χ0) is 7.40. The Morgan fingerprint density at radius 3 is 2.60 bits per heavy atom. The third-order valence-electron chi connectivity index (χ3n) is 2.00. The lowest BCUT2D eigenvalue weighted by atomic mass is 10.1. The van der Waals surface area contributed by atoms with E-state index in [1.807, 2.05) is 0 Å². The Morgan fingerprint density at radius 2 is 2.10 bits per heavy atom. The summed E-state index contributed by atoms with van der Waals surface area (Å²) in [6.45, 7) is 0.273. The maximum atomic E-state index is 11.1. The summed E-state index contributed by atoms with van der Waals surface area (Å²) < 4.78 is 0. The molecular formula is C7H14N2O. The predicted molar refractivity (Wildman–Crippen MR) is 39.2 cm³/mol. The third kappa shape index (κ3) is 1.70. The fourth-order valence-corrected chi connectivity index (χ4v) is 1.43. The quantitative estimate of drug-likeness (QED) is 0.541. The molecule has 0 aromatic carbocycles. The summed E-state index contributed by atoms with van der Waals surface area (Å²) in [5, 5.41) is 2.63. The first kappa shape index (κ1) is 7.54. The molecule has 3 N–H and O–H groups in total. The van der Waals surface area contributed by atoms with Crippen LogP contribution in [-0.2, 0) is 4.79 Å². The highest BCUT2D eigenvalue weighted by molar-refractivity contribution is 5.78. The average Bonchev–Trinajstić information content (AvgIpc) is 2.38. The van der Waals surface area contributed by atoms with E-state index in [0.29, 0.717) is 0 Å². The molecule has 0 spiro atoms. The van der Waals surface area contributed by atoms with Gasteiger partial charge in [-0.1, -0.05) is 12.8 Å². The van der Waals surface area contributed by atoms with Crippen molar-refractivity contribution in [2.75, 3.05) is 6.67 Å². The van der Waals surface area contributed by atoms with Crippen molar-refractivity contribution in [3.8, 4) is 0 Å². The summed E-state index contributed by atoms with van der Waals surface area (Å²) in [6.07, 6.45) is 4.49. The van der Waals surface area contributed by atoms with Gasteiger partial charge in [0.25, 0.3) is 0 Å². The highest BCUT2D eigenvalue weighted by Gasteiger charge is 2.21. The van der Waals surface area contributed by atoms with Gasteiger partial charge in [-0.25, -0.2) is 0 Å². The summed E-state index contributed by atoms with van der Waals surface area (Å²) >= 11 is 0. The SMILES string of the molecule is NCNC(=O)C1CCCC1. The summed E-state index contributed by atoms with van der Waals surface area (Å²) in [5.74, 6) is 0.392. The lowest BCUT2D eigenvalue weighted by molar-refractivity contribution is -0.124. The van der Waals surface area contributed by atoms with Crippen molar-refractivity contribution in [1.82, 2.24) is 5.32 Å². The standard InChI is InChI=1S/C7H14N2O/c8-5-9-7(10)6-3-1-2-4-6/h6H,1-5,8H2,(H,9,10). The molecule has 0 aromatic rings. The second-order valence-corrected chi connectivity index (χ2v) is 2.73. The van der Waals surface area contributed by atoms with Crippen molar-refractivity contribution < 1.29 is 4.79 Å². The van der Waals surface area contributed by atoms with Crippen LogP contribution in [0.25, 0.3) is 0 Å². The van der Waals surface area contributed by atoms with Crippen molar-refractivity contribution in [3.63, 3.8) is 0 Å². The van der Waals surface area contributed by atoms with Gasteiger partial charge in [0.15, 0.2) is 0 Å². The van der Waals surface area contributed by atoms with Crippen LogP contribution in [0.4, 0.5) is 0 Å². The molecule has 0 unspecified atom stereocenters. The molecule has 1 amide bonds. The summed E-state index contributed by atoms with van der Waals surface area (Å²) in [4.78, 5) is 11.1. The average molecular weight is 142 g/mol. The van der Waals surface area contributed by atoms with E-state index in [4.69, 9.17) is 5.73 Å². The molecule has 3 nitrogen and oxygen atoms in total. The Balaban J connectivity index is 2.25. The number of rotatable bonds is 2. The van der Waals surface area contributed by atoms with Crippen LogP contribution in [0.15, 0.2) is 0 Å². The molecule has 1 aliphatic carbocycles. The van der Waals surface area contributed by atoms with Gasteiger partial charge in [-0.3, -0.25) is 4.79 Å². The second-order valence-electron chi connectivity index (χ2n) is 2.73. The van der Waals surface area contributed by atoms with E-state index in [1.54, 1.807) is 0 Å². The lowest BCUT2D eigenvalue weighted by Crippen LogP contribution is -2.33. The number of hydrogen-bond donors (Lipinski definition) is 2. The van der Waals surface area contributed by atoms with Crippen LogP contribution >= 0.6 is 0 Å². The molecule has 1 aliphatic rings. The molecule has 10 heavy (non-hydrogen) atoms. The van der Waals surface area contributed by atoms with Crippen LogP contribution in [0.3, 0.4) is 0 Å². The van der Waals surface area contributed by atoms with E-state index in [0.717, 1.165) is 12.8 Å². The van der Waals surface area contributed by atoms with Crippen LogP contribution in [-0.4, -0.2) is 12.6 Å². The number of amides is 1. The minimum absolute atomic E-state index is 0.139. The van der Waals surface area contributed by atoms with E-state index < -0.39 is 0 Å². The Bertz CT molecular complexity index is 119. The molecule has 0 radical (unpaired) electrons. The number of nitrogens with two attached hydrogens (primary N) is 1. The maximum absolute atomic E-state index is 11.1. The molecule has 0 bridgehead atoms. The minimum Gasteiger partial charge on any atom is -0.344 e. The fraction of sp³-hybridized carbons (Fsp3) is 0.857.